The molecule has 0 saturated heterocycles. The molecule has 1 unspecified atom stereocenters. The molecule has 1 atom stereocenters. The van der Waals surface area contributed by atoms with Crippen LogP contribution < -0.4 is 5.73 Å². The lowest BCUT2D eigenvalue weighted by Crippen LogP contribution is -2.10. The highest BCUT2D eigenvalue weighted by molar-refractivity contribution is 7.98. The largest absolute Gasteiger partial charge is 0.472 e. The van der Waals surface area contributed by atoms with E-state index in [2.05, 4.69) is 30.5 Å². The van der Waals surface area contributed by atoms with Crippen LogP contribution in [0.5, 0.6) is 0 Å². The summed E-state index contributed by atoms with van der Waals surface area (Å²) in [7, 11) is 0. The van der Waals surface area contributed by atoms with Gasteiger partial charge in [-0.25, -0.2) is 0 Å². The van der Waals surface area contributed by atoms with Crippen LogP contribution >= 0.6 is 11.8 Å². The molecule has 0 aliphatic heterocycles. The molecular weight excluding hydrogens is 206 g/mol. The van der Waals surface area contributed by atoms with Crippen molar-refractivity contribution in [1.82, 2.24) is 0 Å². The van der Waals surface area contributed by atoms with Crippen molar-refractivity contribution in [3.63, 3.8) is 0 Å². The van der Waals surface area contributed by atoms with E-state index in [9.17, 15) is 0 Å². The van der Waals surface area contributed by atoms with Crippen molar-refractivity contribution in [2.75, 3.05) is 6.26 Å². The molecule has 78 valence electrons. The molecule has 3 heteroatoms. The average molecular weight is 219 g/mol. The molecule has 0 radical (unpaired) electrons. The summed E-state index contributed by atoms with van der Waals surface area (Å²) in [4.78, 5) is 1.25. The number of thioether (sulfide) groups is 1. The molecule has 0 amide bonds. The van der Waals surface area contributed by atoms with Crippen LogP contribution in [0.2, 0.25) is 0 Å². The van der Waals surface area contributed by atoms with E-state index in [1.54, 1.807) is 24.3 Å². The Balaban J connectivity index is 2.22. The van der Waals surface area contributed by atoms with E-state index >= 15 is 0 Å². The van der Waals surface area contributed by atoms with Crippen molar-refractivity contribution in [2.24, 2.45) is 5.73 Å². The first-order valence-electron chi connectivity index (χ1n) is 4.73. The number of hydrogen-bond acceptors (Lipinski definition) is 3. The summed E-state index contributed by atoms with van der Waals surface area (Å²) in [5, 5.41) is 0. The van der Waals surface area contributed by atoms with Gasteiger partial charge in [0.25, 0.3) is 0 Å². The van der Waals surface area contributed by atoms with Gasteiger partial charge in [-0.15, -0.1) is 11.8 Å². The Morgan fingerprint density at radius 3 is 2.40 bits per heavy atom. The van der Waals surface area contributed by atoms with Gasteiger partial charge in [0, 0.05) is 10.5 Å². The Labute approximate surface area is 93.5 Å². The van der Waals surface area contributed by atoms with Crippen LogP contribution in [0, 0.1) is 0 Å². The highest BCUT2D eigenvalue weighted by atomic mass is 32.2. The van der Waals surface area contributed by atoms with Crippen LogP contribution in [-0.2, 0) is 0 Å². The van der Waals surface area contributed by atoms with Crippen LogP contribution in [0.1, 0.15) is 17.2 Å². The molecule has 1 aromatic heterocycles. The minimum Gasteiger partial charge on any atom is -0.472 e. The van der Waals surface area contributed by atoms with Gasteiger partial charge in [0.05, 0.1) is 18.6 Å². The van der Waals surface area contributed by atoms with E-state index in [0.717, 1.165) is 11.1 Å². The molecule has 0 aliphatic carbocycles. The monoisotopic (exact) mass is 219 g/mol. The van der Waals surface area contributed by atoms with Gasteiger partial charge in [0.15, 0.2) is 0 Å². The zero-order valence-electron chi connectivity index (χ0n) is 8.51. The molecule has 2 nitrogen and oxygen atoms in total. The number of furan rings is 1. The van der Waals surface area contributed by atoms with Gasteiger partial charge >= 0.3 is 0 Å². The molecule has 0 saturated carbocycles. The lowest BCUT2D eigenvalue weighted by Gasteiger charge is -2.09. The Morgan fingerprint density at radius 1 is 1.13 bits per heavy atom. The molecule has 1 aromatic carbocycles. The van der Waals surface area contributed by atoms with Crippen molar-refractivity contribution in [2.45, 2.75) is 10.9 Å². The normalized spacial score (nSPS) is 12.7. The predicted molar refractivity (Wildman–Crippen MR) is 63.0 cm³/mol. The average Bonchev–Trinajstić information content (AvgIpc) is 2.82. The SMILES string of the molecule is CSc1ccc(C(N)c2ccoc2)cc1. The summed E-state index contributed by atoms with van der Waals surface area (Å²) in [6.07, 6.45) is 5.39. The fraction of sp³-hybridized carbons (Fsp3) is 0.167. The first-order valence-corrected chi connectivity index (χ1v) is 5.95. The van der Waals surface area contributed by atoms with Gasteiger partial charge in [-0.05, 0) is 30.0 Å². The Bertz CT molecular complexity index is 408. The second kappa shape index (κ2) is 4.55. The van der Waals surface area contributed by atoms with Crippen molar-refractivity contribution in [3.8, 4) is 0 Å². The molecule has 2 rings (SSSR count). The molecule has 0 spiro atoms. The first-order chi connectivity index (χ1) is 7.31. The van der Waals surface area contributed by atoms with Crippen LogP contribution in [0.25, 0.3) is 0 Å². The maximum Gasteiger partial charge on any atom is 0.0953 e. The second-order valence-corrected chi connectivity index (χ2v) is 4.19. The molecular formula is C12H13NOS. The van der Waals surface area contributed by atoms with E-state index < -0.39 is 0 Å². The molecule has 2 aromatic rings. The Morgan fingerprint density at radius 2 is 1.87 bits per heavy atom. The predicted octanol–water partition coefficient (Wildman–Crippen LogP) is 3.05. The summed E-state index contributed by atoms with van der Waals surface area (Å²) < 4.78 is 5.02. The molecule has 0 aliphatic rings. The molecule has 1 heterocycles. The highest BCUT2D eigenvalue weighted by Crippen LogP contribution is 2.22. The zero-order chi connectivity index (χ0) is 10.7. The van der Waals surface area contributed by atoms with E-state index in [1.807, 2.05) is 6.07 Å². The highest BCUT2D eigenvalue weighted by Gasteiger charge is 2.09. The minimum atomic E-state index is -0.0975. The molecule has 0 bridgehead atoms. The Kier molecular flexibility index (Phi) is 3.14. The third-order valence-corrected chi connectivity index (χ3v) is 3.12. The smallest absolute Gasteiger partial charge is 0.0953 e. The number of benzene rings is 1. The van der Waals surface area contributed by atoms with Gasteiger partial charge in [-0.2, -0.15) is 0 Å². The minimum absolute atomic E-state index is 0.0975. The van der Waals surface area contributed by atoms with Crippen molar-refractivity contribution >= 4 is 11.8 Å². The maximum atomic E-state index is 6.09. The maximum absolute atomic E-state index is 6.09. The van der Waals surface area contributed by atoms with E-state index in [1.165, 1.54) is 4.90 Å². The van der Waals surface area contributed by atoms with E-state index in [4.69, 9.17) is 10.2 Å². The lowest BCUT2D eigenvalue weighted by molar-refractivity contribution is 0.562. The van der Waals surface area contributed by atoms with Gasteiger partial charge in [-0.1, -0.05) is 12.1 Å². The van der Waals surface area contributed by atoms with Crippen LogP contribution in [0.3, 0.4) is 0 Å². The summed E-state index contributed by atoms with van der Waals surface area (Å²) in [5.74, 6) is 0. The number of rotatable bonds is 3. The van der Waals surface area contributed by atoms with Crippen molar-refractivity contribution < 1.29 is 4.42 Å². The number of nitrogens with two attached hydrogens (primary N) is 1. The molecule has 15 heavy (non-hydrogen) atoms. The summed E-state index contributed by atoms with van der Waals surface area (Å²) in [6.45, 7) is 0. The van der Waals surface area contributed by atoms with E-state index in [0.29, 0.717) is 0 Å². The summed E-state index contributed by atoms with van der Waals surface area (Å²) in [5.41, 5.74) is 8.20. The summed E-state index contributed by atoms with van der Waals surface area (Å²) >= 11 is 1.73. The van der Waals surface area contributed by atoms with Gasteiger partial charge in [0.2, 0.25) is 0 Å². The van der Waals surface area contributed by atoms with Crippen molar-refractivity contribution in [1.29, 1.82) is 0 Å². The summed E-state index contributed by atoms with van der Waals surface area (Å²) in [6, 6.07) is 10.1. The Hall–Kier alpha value is -1.19. The third kappa shape index (κ3) is 2.25. The standard InChI is InChI=1S/C12H13NOS/c1-15-11-4-2-9(3-5-11)12(13)10-6-7-14-8-10/h2-8,12H,13H2,1H3. The van der Waals surface area contributed by atoms with E-state index in [-0.39, 0.29) is 6.04 Å². The van der Waals surface area contributed by atoms with Crippen LogP contribution in [-0.4, -0.2) is 6.26 Å². The fourth-order valence-electron chi connectivity index (χ4n) is 1.46. The van der Waals surface area contributed by atoms with Crippen LogP contribution in [0.15, 0.2) is 52.2 Å². The first kappa shape index (κ1) is 10.3. The lowest BCUT2D eigenvalue weighted by atomic mass is 10.0. The fourth-order valence-corrected chi connectivity index (χ4v) is 1.86. The molecule has 2 N–H and O–H groups in total. The third-order valence-electron chi connectivity index (χ3n) is 2.38. The second-order valence-electron chi connectivity index (χ2n) is 3.31. The number of hydrogen-bond donors (Lipinski definition) is 1. The van der Waals surface area contributed by atoms with Gasteiger partial charge in [-0.3, -0.25) is 0 Å². The zero-order valence-corrected chi connectivity index (χ0v) is 9.33. The van der Waals surface area contributed by atoms with Crippen LogP contribution in [0.4, 0.5) is 0 Å². The topological polar surface area (TPSA) is 39.2 Å². The molecule has 0 fully saturated rings. The van der Waals surface area contributed by atoms with Crippen molar-refractivity contribution in [3.05, 3.63) is 54.0 Å². The van der Waals surface area contributed by atoms with Gasteiger partial charge < -0.3 is 10.2 Å². The van der Waals surface area contributed by atoms with Gasteiger partial charge in [0.1, 0.15) is 0 Å². The quantitative estimate of drug-likeness (QED) is 0.806.